The fraction of sp³-hybridized carbons (Fsp3) is 0.346. The zero-order valence-corrected chi connectivity index (χ0v) is 20.2. The standard InChI is InChI=1S/C26H28N3O6/c1-17(2)20-9-5-6-10-21(20)25-19(8-7-11-22(25)29(33)34)12-13-24(31)27-14-15-28(18(3)30)23(16-27)26(32)35-4/h5-10,12-13,17,23H,14-16H2,1-4H3/b13-12+. The van der Waals surface area contributed by atoms with E-state index in [1.165, 1.54) is 36.0 Å². The summed E-state index contributed by atoms with van der Waals surface area (Å²) < 4.78 is 4.80. The van der Waals surface area contributed by atoms with Gasteiger partial charge in [0.15, 0.2) is 0 Å². The Bertz CT molecular complexity index is 1170. The minimum atomic E-state index is -0.885. The molecule has 0 aromatic heterocycles. The van der Waals surface area contributed by atoms with E-state index in [0.717, 1.165) is 5.56 Å². The number of amides is 2. The highest BCUT2D eigenvalue weighted by molar-refractivity contribution is 5.95. The highest BCUT2D eigenvalue weighted by Gasteiger charge is 2.36. The first-order valence-electron chi connectivity index (χ1n) is 11.3. The summed E-state index contributed by atoms with van der Waals surface area (Å²) in [6, 6.07) is 12.4. The highest BCUT2D eigenvalue weighted by Crippen LogP contribution is 2.38. The Hall–Kier alpha value is -4.01. The van der Waals surface area contributed by atoms with Crippen LogP contribution in [0, 0.1) is 16.2 Å². The average Bonchev–Trinajstić information content (AvgIpc) is 2.85. The van der Waals surface area contributed by atoms with E-state index in [0.29, 0.717) is 16.7 Å². The second-order valence-corrected chi connectivity index (χ2v) is 8.52. The van der Waals surface area contributed by atoms with Crippen LogP contribution >= 0.6 is 0 Å². The van der Waals surface area contributed by atoms with Crippen LogP contribution in [0.1, 0.15) is 37.8 Å². The van der Waals surface area contributed by atoms with Crippen LogP contribution in [0.2, 0.25) is 0 Å². The van der Waals surface area contributed by atoms with Gasteiger partial charge >= 0.3 is 5.97 Å². The van der Waals surface area contributed by atoms with Crippen molar-refractivity contribution >= 4 is 29.5 Å². The van der Waals surface area contributed by atoms with Gasteiger partial charge in [-0.05, 0) is 34.8 Å². The average molecular weight is 479 g/mol. The number of rotatable bonds is 6. The summed E-state index contributed by atoms with van der Waals surface area (Å²) in [5, 5.41) is 11.8. The first-order valence-corrected chi connectivity index (χ1v) is 11.3. The predicted molar refractivity (Wildman–Crippen MR) is 130 cm³/mol. The van der Waals surface area contributed by atoms with Crippen molar-refractivity contribution in [2.45, 2.75) is 32.7 Å². The number of carbonyl (C=O) groups excluding carboxylic acids is 3. The first-order chi connectivity index (χ1) is 16.6. The summed E-state index contributed by atoms with van der Waals surface area (Å²) in [5.41, 5.74) is 2.37. The van der Waals surface area contributed by atoms with E-state index < -0.39 is 16.9 Å². The first kappa shape index (κ1) is 25.6. The topological polar surface area (TPSA) is 110 Å². The van der Waals surface area contributed by atoms with E-state index >= 15 is 0 Å². The molecular formula is C26H28N3O6. The van der Waals surface area contributed by atoms with Crippen LogP contribution < -0.4 is 0 Å². The quantitative estimate of drug-likeness (QED) is 0.272. The molecule has 9 heteroatoms. The molecule has 1 unspecified atom stereocenters. The minimum absolute atomic E-state index is 0.00117. The lowest BCUT2D eigenvalue weighted by Crippen LogP contribution is -2.59. The van der Waals surface area contributed by atoms with Crippen molar-refractivity contribution in [3.8, 4) is 11.1 Å². The molecule has 183 valence electrons. The molecule has 1 aliphatic heterocycles. The van der Waals surface area contributed by atoms with Gasteiger partial charge in [-0.15, -0.1) is 0 Å². The number of methoxy groups -OCH3 is 1. The Morgan fingerprint density at radius 3 is 2.54 bits per heavy atom. The van der Waals surface area contributed by atoms with Gasteiger partial charge in [-0.1, -0.05) is 44.2 Å². The number of benzene rings is 2. The summed E-state index contributed by atoms with van der Waals surface area (Å²) in [6.45, 7) is 5.84. The molecule has 0 spiro atoms. The number of nitro groups is 1. The van der Waals surface area contributed by atoms with Crippen LogP contribution in [-0.4, -0.2) is 65.3 Å². The largest absolute Gasteiger partial charge is 0.467 e. The van der Waals surface area contributed by atoms with Crippen LogP contribution in [0.3, 0.4) is 0 Å². The number of carbonyl (C=O) groups is 3. The van der Waals surface area contributed by atoms with Crippen LogP contribution in [0.25, 0.3) is 17.2 Å². The van der Waals surface area contributed by atoms with Gasteiger partial charge in [0.2, 0.25) is 11.8 Å². The molecule has 3 rings (SSSR count). The lowest BCUT2D eigenvalue weighted by molar-refractivity contribution is -0.384. The smallest absolute Gasteiger partial charge is 0.330 e. The minimum Gasteiger partial charge on any atom is -0.467 e. The van der Waals surface area contributed by atoms with Gasteiger partial charge in [0, 0.05) is 26.1 Å². The molecule has 0 saturated carbocycles. The van der Waals surface area contributed by atoms with Crippen molar-refractivity contribution in [1.82, 2.24) is 9.80 Å². The van der Waals surface area contributed by atoms with E-state index in [4.69, 9.17) is 4.74 Å². The third kappa shape index (κ3) is 5.56. The third-order valence-electron chi connectivity index (χ3n) is 6.02. The molecule has 9 nitrogen and oxygen atoms in total. The number of piperazine rings is 1. The van der Waals surface area contributed by atoms with E-state index in [1.807, 2.05) is 38.1 Å². The monoisotopic (exact) mass is 478 g/mol. The van der Waals surface area contributed by atoms with Gasteiger partial charge in [0.05, 0.1) is 30.2 Å². The van der Waals surface area contributed by atoms with Gasteiger partial charge in [-0.25, -0.2) is 4.79 Å². The molecule has 1 heterocycles. The molecule has 1 saturated heterocycles. The maximum absolute atomic E-state index is 13.0. The normalized spacial score (nSPS) is 16.0. The van der Waals surface area contributed by atoms with E-state index in [1.54, 1.807) is 12.1 Å². The Morgan fingerprint density at radius 2 is 1.91 bits per heavy atom. The molecule has 0 aliphatic carbocycles. The summed E-state index contributed by atoms with van der Waals surface area (Å²) in [7, 11) is 1.23. The second-order valence-electron chi connectivity index (χ2n) is 8.52. The second kappa shape index (κ2) is 10.9. The van der Waals surface area contributed by atoms with Gasteiger partial charge < -0.3 is 14.5 Å². The van der Waals surface area contributed by atoms with Gasteiger partial charge in [0.1, 0.15) is 6.04 Å². The van der Waals surface area contributed by atoms with E-state index in [-0.39, 0.29) is 43.1 Å². The Kier molecular flexibility index (Phi) is 8.01. The fourth-order valence-electron chi connectivity index (χ4n) is 4.26. The SMILES string of the molecule is COC(=O)C1CN(C(=O)/C=C/c2cc[c]c([N+](=O)[O-])c2-c2ccccc2C(C)C)CCN1C(C)=O. The Labute approximate surface area is 204 Å². The number of ether oxygens (including phenoxy) is 1. The Morgan fingerprint density at radius 1 is 1.20 bits per heavy atom. The summed E-state index contributed by atoms with van der Waals surface area (Å²) in [5.74, 6) is -1.12. The molecule has 1 radical (unpaired) electrons. The lowest BCUT2D eigenvalue weighted by atomic mass is 9.89. The van der Waals surface area contributed by atoms with Gasteiger partial charge in [-0.3, -0.25) is 19.7 Å². The molecule has 2 aromatic rings. The molecule has 2 amide bonds. The zero-order valence-electron chi connectivity index (χ0n) is 20.2. The molecule has 1 fully saturated rings. The fourth-order valence-corrected chi connectivity index (χ4v) is 4.26. The third-order valence-corrected chi connectivity index (χ3v) is 6.02. The van der Waals surface area contributed by atoms with Gasteiger partial charge in [0.25, 0.3) is 5.69 Å². The molecule has 1 atom stereocenters. The van der Waals surface area contributed by atoms with Gasteiger partial charge in [-0.2, -0.15) is 0 Å². The summed E-state index contributed by atoms with van der Waals surface area (Å²) >= 11 is 0. The van der Waals surface area contributed by atoms with Crippen molar-refractivity contribution < 1.29 is 24.0 Å². The maximum Gasteiger partial charge on any atom is 0.330 e. The number of nitrogens with zero attached hydrogens (tertiary/aromatic N) is 3. The highest BCUT2D eigenvalue weighted by atomic mass is 16.6. The summed E-state index contributed by atoms with van der Waals surface area (Å²) in [4.78, 5) is 51.3. The van der Waals surface area contributed by atoms with Crippen LogP contribution in [-0.2, 0) is 19.1 Å². The van der Waals surface area contributed by atoms with Crippen molar-refractivity contribution in [1.29, 1.82) is 0 Å². The maximum atomic E-state index is 13.0. The van der Waals surface area contributed by atoms with E-state index in [9.17, 15) is 24.5 Å². The summed E-state index contributed by atoms with van der Waals surface area (Å²) in [6.07, 6.45) is 2.87. The van der Waals surface area contributed by atoms with Crippen LogP contribution in [0.4, 0.5) is 5.69 Å². The van der Waals surface area contributed by atoms with Crippen molar-refractivity contribution in [3.63, 3.8) is 0 Å². The number of esters is 1. The number of hydrogen-bond donors (Lipinski definition) is 0. The van der Waals surface area contributed by atoms with E-state index in [2.05, 4.69) is 6.07 Å². The molecule has 2 aromatic carbocycles. The molecule has 1 aliphatic rings. The molecule has 35 heavy (non-hydrogen) atoms. The lowest BCUT2D eigenvalue weighted by Gasteiger charge is -2.39. The number of nitro benzene ring substituents is 1. The molecule has 0 N–H and O–H groups in total. The molecular weight excluding hydrogens is 450 g/mol. The van der Waals surface area contributed by atoms with Crippen molar-refractivity contribution in [3.05, 3.63) is 69.8 Å². The number of hydrogen-bond acceptors (Lipinski definition) is 6. The molecule has 0 bridgehead atoms. The zero-order chi connectivity index (χ0) is 25.7. The predicted octanol–water partition coefficient (Wildman–Crippen LogP) is 3.43. The van der Waals surface area contributed by atoms with Crippen LogP contribution in [0.15, 0.2) is 42.5 Å². The van der Waals surface area contributed by atoms with Crippen molar-refractivity contribution in [2.75, 3.05) is 26.7 Å². The van der Waals surface area contributed by atoms with Crippen LogP contribution in [0.5, 0.6) is 0 Å². The Balaban J connectivity index is 1.96. The van der Waals surface area contributed by atoms with Crippen molar-refractivity contribution in [2.24, 2.45) is 0 Å².